The SMILES string of the molecule is O=C(O)N(CCCO)CCCCCCN(CCCO)C(=O)O. The second-order valence-corrected chi connectivity index (χ2v) is 5.11. The monoisotopic (exact) mass is 320 g/mol. The van der Waals surface area contributed by atoms with E-state index in [4.69, 9.17) is 20.4 Å². The van der Waals surface area contributed by atoms with Crippen LogP contribution < -0.4 is 0 Å². The fraction of sp³-hybridized carbons (Fsp3) is 0.857. The van der Waals surface area contributed by atoms with Crippen LogP contribution in [0.25, 0.3) is 0 Å². The molecule has 4 N–H and O–H groups in total. The van der Waals surface area contributed by atoms with Gasteiger partial charge in [0.15, 0.2) is 0 Å². The molecule has 0 unspecified atom stereocenters. The topological polar surface area (TPSA) is 122 Å². The molecule has 0 aromatic carbocycles. The van der Waals surface area contributed by atoms with Gasteiger partial charge in [-0.3, -0.25) is 0 Å². The van der Waals surface area contributed by atoms with E-state index in [0.29, 0.717) is 39.0 Å². The summed E-state index contributed by atoms with van der Waals surface area (Å²) in [6.07, 6.45) is 2.02. The zero-order chi connectivity index (χ0) is 16.8. The van der Waals surface area contributed by atoms with E-state index in [-0.39, 0.29) is 13.2 Å². The Balaban J connectivity index is 3.77. The zero-order valence-electron chi connectivity index (χ0n) is 13.0. The van der Waals surface area contributed by atoms with Gasteiger partial charge in [-0.15, -0.1) is 0 Å². The Hall–Kier alpha value is -1.54. The van der Waals surface area contributed by atoms with E-state index in [9.17, 15) is 9.59 Å². The van der Waals surface area contributed by atoms with Crippen molar-refractivity contribution in [1.82, 2.24) is 9.80 Å². The minimum absolute atomic E-state index is 0.0252. The summed E-state index contributed by atoms with van der Waals surface area (Å²) in [5.41, 5.74) is 0. The van der Waals surface area contributed by atoms with Crippen molar-refractivity contribution in [2.24, 2.45) is 0 Å². The summed E-state index contributed by atoms with van der Waals surface area (Å²) in [5.74, 6) is 0. The quantitative estimate of drug-likeness (QED) is 0.379. The molecule has 8 nitrogen and oxygen atoms in total. The molecule has 0 bridgehead atoms. The largest absolute Gasteiger partial charge is 0.465 e. The number of hydrogen-bond donors (Lipinski definition) is 4. The van der Waals surface area contributed by atoms with Crippen molar-refractivity contribution in [1.29, 1.82) is 0 Å². The summed E-state index contributed by atoms with van der Waals surface area (Å²) in [7, 11) is 0. The molecule has 0 aliphatic carbocycles. The second-order valence-electron chi connectivity index (χ2n) is 5.11. The highest BCUT2D eigenvalue weighted by atomic mass is 16.4. The summed E-state index contributed by atoms with van der Waals surface area (Å²) in [6.45, 7) is 1.48. The molecule has 22 heavy (non-hydrogen) atoms. The van der Waals surface area contributed by atoms with Crippen LogP contribution in [-0.4, -0.2) is 81.8 Å². The first kappa shape index (κ1) is 20.5. The van der Waals surface area contributed by atoms with Gasteiger partial charge in [0.2, 0.25) is 0 Å². The predicted octanol–water partition coefficient (Wildman–Crippen LogP) is 1.27. The number of aliphatic hydroxyl groups excluding tert-OH is 2. The Labute approximate surface area is 131 Å². The fourth-order valence-corrected chi connectivity index (χ4v) is 2.09. The van der Waals surface area contributed by atoms with Crippen LogP contribution in [-0.2, 0) is 0 Å². The molecule has 0 aliphatic rings. The standard InChI is InChI=1S/C14H28N2O6/c17-11-5-9-15(13(19)20)7-3-1-2-4-8-16(14(21)22)10-6-12-18/h17-18H,1-12H2,(H,19,20)(H,21,22). The van der Waals surface area contributed by atoms with Crippen molar-refractivity contribution in [2.75, 3.05) is 39.4 Å². The molecule has 2 amide bonds. The normalized spacial score (nSPS) is 10.5. The lowest BCUT2D eigenvalue weighted by atomic mass is 10.2. The molecule has 0 radical (unpaired) electrons. The fourth-order valence-electron chi connectivity index (χ4n) is 2.09. The molecule has 0 rings (SSSR count). The number of unbranched alkanes of at least 4 members (excludes halogenated alkanes) is 3. The Morgan fingerprint density at radius 3 is 1.18 bits per heavy atom. The van der Waals surface area contributed by atoms with Crippen LogP contribution >= 0.6 is 0 Å². The molecule has 0 fully saturated rings. The molecule has 8 heteroatoms. The van der Waals surface area contributed by atoms with Crippen LogP contribution in [0.2, 0.25) is 0 Å². The Morgan fingerprint density at radius 2 is 0.909 bits per heavy atom. The zero-order valence-corrected chi connectivity index (χ0v) is 13.0. The van der Waals surface area contributed by atoms with Crippen LogP contribution in [0.5, 0.6) is 0 Å². The van der Waals surface area contributed by atoms with E-state index in [0.717, 1.165) is 25.7 Å². The first-order valence-corrected chi connectivity index (χ1v) is 7.70. The van der Waals surface area contributed by atoms with Crippen molar-refractivity contribution in [3.05, 3.63) is 0 Å². The summed E-state index contributed by atoms with van der Waals surface area (Å²) in [4.78, 5) is 24.5. The lowest BCUT2D eigenvalue weighted by molar-refractivity contribution is 0.136. The third kappa shape index (κ3) is 10.2. The third-order valence-corrected chi connectivity index (χ3v) is 3.32. The van der Waals surface area contributed by atoms with E-state index in [1.807, 2.05) is 0 Å². The van der Waals surface area contributed by atoms with Crippen LogP contribution in [0.1, 0.15) is 38.5 Å². The van der Waals surface area contributed by atoms with E-state index in [1.165, 1.54) is 9.80 Å². The number of amides is 2. The van der Waals surface area contributed by atoms with Crippen molar-refractivity contribution >= 4 is 12.2 Å². The molecule has 0 atom stereocenters. The summed E-state index contributed by atoms with van der Waals surface area (Å²) >= 11 is 0. The van der Waals surface area contributed by atoms with Gasteiger partial charge in [-0.2, -0.15) is 0 Å². The summed E-state index contributed by atoms with van der Waals surface area (Å²) < 4.78 is 0. The number of carboxylic acid groups (broad SMARTS) is 2. The molecule has 0 aliphatic heterocycles. The highest BCUT2D eigenvalue weighted by Gasteiger charge is 2.11. The third-order valence-electron chi connectivity index (χ3n) is 3.32. The molecular formula is C14H28N2O6. The maximum atomic E-state index is 10.9. The number of aliphatic hydroxyl groups is 2. The number of hydrogen-bond acceptors (Lipinski definition) is 4. The van der Waals surface area contributed by atoms with Gasteiger partial charge in [0, 0.05) is 39.4 Å². The van der Waals surface area contributed by atoms with Gasteiger partial charge >= 0.3 is 12.2 Å². The van der Waals surface area contributed by atoms with Gasteiger partial charge in [0.25, 0.3) is 0 Å². The summed E-state index contributed by atoms with van der Waals surface area (Å²) in [6, 6.07) is 0. The molecule has 0 saturated carbocycles. The van der Waals surface area contributed by atoms with Crippen LogP contribution in [0.15, 0.2) is 0 Å². The predicted molar refractivity (Wildman–Crippen MR) is 81.1 cm³/mol. The number of rotatable bonds is 13. The minimum atomic E-state index is -0.977. The van der Waals surface area contributed by atoms with Gasteiger partial charge in [-0.05, 0) is 25.7 Å². The Morgan fingerprint density at radius 1 is 0.591 bits per heavy atom. The van der Waals surface area contributed by atoms with E-state index in [1.54, 1.807) is 0 Å². The lowest BCUT2D eigenvalue weighted by Gasteiger charge is -2.19. The molecular weight excluding hydrogens is 292 g/mol. The molecule has 130 valence electrons. The molecule has 0 aromatic heterocycles. The maximum absolute atomic E-state index is 10.9. The van der Waals surface area contributed by atoms with E-state index < -0.39 is 12.2 Å². The minimum Gasteiger partial charge on any atom is -0.465 e. The van der Waals surface area contributed by atoms with Crippen molar-refractivity contribution in [2.45, 2.75) is 38.5 Å². The van der Waals surface area contributed by atoms with Crippen molar-refractivity contribution < 1.29 is 30.0 Å². The van der Waals surface area contributed by atoms with E-state index >= 15 is 0 Å². The smallest absolute Gasteiger partial charge is 0.407 e. The van der Waals surface area contributed by atoms with Gasteiger partial charge in [-0.1, -0.05) is 12.8 Å². The molecule has 0 heterocycles. The van der Waals surface area contributed by atoms with Crippen molar-refractivity contribution in [3.63, 3.8) is 0 Å². The van der Waals surface area contributed by atoms with Gasteiger partial charge < -0.3 is 30.2 Å². The highest BCUT2D eigenvalue weighted by Crippen LogP contribution is 2.05. The lowest BCUT2D eigenvalue weighted by Crippen LogP contribution is -2.32. The molecule has 0 spiro atoms. The van der Waals surface area contributed by atoms with Gasteiger partial charge in [0.05, 0.1) is 0 Å². The Bertz CT molecular complexity index is 284. The van der Waals surface area contributed by atoms with Gasteiger partial charge in [0.1, 0.15) is 0 Å². The maximum Gasteiger partial charge on any atom is 0.407 e. The Kier molecular flexibility index (Phi) is 12.2. The highest BCUT2D eigenvalue weighted by molar-refractivity contribution is 5.65. The average molecular weight is 320 g/mol. The van der Waals surface area contributed by atoms with Crippen molar-refractivity contribution in [3.8, 4) is 0 Å². The number of nitrogens with zero attached hydrogens (tertiary/aromatic N) is 2. The van der Waals surface area contributed by atoms with Gasteiger partial charge in [-0.25, -0.2) is 9.59 Å². The first-order valence-electron chi connectivity index (χ1n) is 7.70. The molecule has 0 saturated heterocycles. The summed E-state index contributed by atoms with van der Waals surface area (Å²) in [5, 5.41) is 35.4. The van der Waals surface area contributed by atoms with Crippen LogP contribution in [0, 0.1) is 0 Å². The number of carbonyl (C=O) groups is 2. The van der Waals surface area contributed by atoms with Crippen LogP contribution in [0.4, 0.5) is 9.59 Å². The average Bonchev–Trinajstić information content (AvgIpc) is 2.47. The van der Waals surface area contributed by atoms with E-state index in [2.05, 4.69) is 0 Å². The second kappa shape index (κ2) is 13.1. The molecule has 0 aromatic rings. The first-order chi connectivity index (χ1) is 10.5. The van der Waals surface area contributed by atoms with Crippen LogP contribution in [0.3, 0.4) is 0 Å².